The van der Waals surface area contributed by atoms with Gasteiger partial charge in [0, 0.05) is 13.1 Å². The zero-order valence-electron chi connectivity index (χ0n) is 11.7. The molecule has 1 aromatic carbocycles. The summed E-state index contributed by atoms with van der Waals surface area (Å²) in [7, 11) is 0. The molecule has 21 heavy (non-hydrogen) atoms. The van der Waals surface area contributed by atoms with Gasteiger partial charge in [-0.2, -0.15) is 0 Å². The number of hydrogen-bond acceptors (Lipinski definition) is 5. The third-order valence-electron chi connectivity index (χ3n) is 3.47. The Morgan fingerprint density at radius 3 is 2.67 bits per heavy atom. The number of nitrogens with two attached hydrogens (primary N) is 1. The van der Waals surface area contributed by atoms with E-state index < -0.39 is 0 Å². The molecule has 0 aliphatic carbocycles. The van der Waals surface area contributed by atoms with Crippen LogP contribution in [0.4, 0.5) is 10.9 Å². The first-order valence-electron chi connectivity index (χ1n) is 7.03. The molecule has 0 bridgehead atoms. The van der Waals surface area contributed by atoms with Crippen molar-refractivity contribution in [3.05, 3.63) is 46.8 Å². The molecule has 0 saturated carbocycles. The number of anilines is 2. The van der Waals surface area contributed by atoms with E-state index in [2.05, 4.69) is 9.88 Å². The number of rotatable bonds is 4. The Morgan fingerprint density at radius 1 is 1.24 bits per heavy atom. The van der Waals surface area contributed by atoms with Crippen molar-refractivity contribution in [3.8, 4) is 0 Å². The predicted molar refractivity (Wildman–Crippen MR) is 87.8 cm³/mol. The molecule has 2 N–H and O–H groups in total. The number of nitrogens with zero attached hydrogens (tertiary/aromatic N) is 2. The third-order valence-corrected chi connectivity index (χ3v) is 4.62. The van der Waals surface area contributed by atoms with E-state index in [1.807, 2.05) is 30.3 Å². The molecule has 108 valence electrons. The summed E-state index contributed by atoms with van der Waals surface area (Å²) in [6, 6.07) is 9.74. The van der Waals surface area contributed by atoms with Gasteiger partial charge in [0.05, 0.1) is 0 Å². The second kappa shape index (κ2) is 6.10. The summed E-state index contributed by atoms with van der Waals surface area (Å²) in [6.45, 7) is 2.00. The van der Waals surface area contributed by atoms with Crippen LogP contribution >= 0.6 is 11.3 Å². The Labute approximate surface area is 127 Å². The molecule has 3 rings (SSSR count). The molecule has 1 aliphatic heterocycles. The summed E-state index contributed by atoms with van der Waals surface area (Å²) in [5, 5.41) is 0.862. The highest BCUT2D eigenvalue weighted by atomic mass is 32.1. The topological polar surface area (TPSA) is 59.2 Å². The number of ketones is 1. The maximum Gasteiger partial charge on any atom is 0.199 e. The maximum atomic E-state index is 12.3. The summed E-state index contributed by atoms with van der Waals surface area (Å²) in [5.74, 6) is 0.254. The van der Waals surface area contributed by atoms with Crippen LogP contribution in [0.2, 0.25) is 0 Å². The summed E-state index contributed by atoms with van der Waals surface area (Å²) >= 11 is 1.39. The molecule has 0 spiro atoms. The van der Waals surface area contributed by atoms with Gasteiger partial charge in [0.15, 0.2) is 10.9 Å². The maximum absolute atomic E-state index is 12.3. The largest absolute Gasteiger partial charge is 0.382 e. The van der Waals surface area contributed by atoms with Crippen LogP contribution in [0.25, 0.3) is 6.08 Å². The number of carbonyl (C=O) groups excluding carboxylic acids is 1. The Kier molecular flexibility index (Phi) is 4.01. The normalized spacial score (nSPS) is 15.0. The van der Waals surface area contributed by atoms with E-state index in [1.165, 1.54) is 24.2 Å². The van der Waals surface area contributed by atoms with Gasteiger partial charge in [0.2, 0.25) is 0 Å². The molecule has 1 aliphatic rings. The first-order chi connectivity index (χ1) is 10.2. The molecule has 1 aromatic heterocycles. The second-order valence-electron chi connectivity index (χ2n) is 5.01. The summed E-state index contributed by atoms with van der Waals surface area (Å²) in [4.78, 5) is 19.3. The highest BCUT2D eigenvalue weighted by Gasteiger charge is 2.20. The van der Waals surface area contributed by atoms with Crippen molar-refractivity contribution in [2.75, 3.05) is 23.7 Å². The number of aromatic nitrogens is 1. The second-order valence-corrected chi connectivity index (χ2v) is 5.99. The fraction of sp³-hybridized carbons (Fsp3) is 0.250. The van der Waals surface area contributed by atoms with Crippen LogP contribution in [-0.4, -0.2) is 23.9 Å². The summed E-state index contributed by atoms with van der Waals surface area (Å²) in [5.41, 5.74) is 6.89. The smallest absolute Gasteiger partial charge is 0.199 e. The molecular weight excluding hydrogens is 282 g/mol. The van der Waals surface area contributed by atoms with Crippen molar-refractivity contribution in [1.82, 2.24) is 4.98 Å². The van der Waals surface area contributed by atoms with E-state index in [9.17, 15) is 4.79 Å². The minimum Gasteiger partial charge on any atom is -0.382 e. The Balaban J connectivity index is 1.77. The van der Waals surface area contributed by atoms with Gasteiger partial charge in [-0.05, 0) is 24.5 Å². The highest BCUT2D eigenvalue weighted by Crippen LogP contribution is 2.30. The molecule has 0 radical (unpaired) electrons. The molecule has 0 amide bonds. The van der Waals surface area contributed by atoms with Crippen LogP contribution in [0.15, 0.2) is 36.4 Å². The highest BCUT2D eigenvalue weighted by molar-refractivity contribution is 7.18. The van der Waals surface area contributed by atoms with Crippen LogP contribution in [0, 0.1) is 0 Å². The summed E-state index contributed by atoms with van der Waals surface area (Å²) in [6.07, 6.45) is 5.72. The van der Waals surface area contributed by atoms with Crippen molar-refractivity contribution in [2.24, 2.45) is 0 Å². The van der Waals surface area contributed by atoms with Gasteiger partial charge < -0.3 is 10.6 Å². The van der Waals surface area contributed by atoms with Crippen molar-refractivity contribution in [2.45, 2.75) is 12.8 Å². The van der Waals surface area contributed by atoms with Gasteiger partial charge in [0.1, 0.15) is 10.7 Å². The van der Waals surface area contributed by atoms with E-state index in [1.54, 1.807) is 12.2 Å². The van der Waals surface area contributed by atoms with Crippen molar-refractivity contribution < 1.29 is 4.79 Å². The number of carbonyl (C=O) groups is 1. The van der Waals surface area contributed by atoms with E-state index >= 15 is 0 Å². The fourth-order valence-corrected chi connectivity index (χ4v) is 3.31. The van der Waals surface area contributed by atoms with Crippen molar-refractivity contribution in [1.29, 1.82) is 0 Å². The van der Waals surface area contributed by atoms with Gasteiger partial charge >= 0.3 is 0 Å². The average Bonchev–Trinajstić information content (AvgIpc) is 3.15. The third kappa shape index (κ3) is 3.13. The van der Waals surface area contributed by atoms with Crippen LogP contribution in [0.3, 0.4) is 0 Å². The average molecular weight is 299 g/mol. The molecule has 2 aromatic rings. The van der Waals surface area contributed by atoms with E-state index in [0.717, 1.165) is 23.8 Å². The molecule has 1 saturated heterocycles. The molecule has 2 heterocycles. The number of allylic oxidation sites excluding steroid dienone is 1. The van der Waals surface area contributed by atoms with Crippen molar-refractivity contribution >= 4 is 34.1 Å². The quantitative estimate of drug-likeness (QED) is 0.695. The van der Waals surface area contributed by atoms with Gasteiger partial charge in [-0.15, -0.1) is 0 Å². The SMILES string of the molecule is Nc1nc(N2CCCC2)sc1C(=O)/C=C/c1ccccc1. The number of hydrogen-bond donors (Lipinski definition) is 1. The zero-order chi connectivity index (χ0) is 14.7. The molecule has 1 fully saturated rings. The fourth-order valence-electron chi connectivity index (χ4n) is 2.35. The first kappa shape index (κ1) is 13.8. The number of thiazole rings is 1. The monoisotopic (exact) mass is 299 g/mol. The van der Waals surface area contributed by atoms with Gasteiger partial charge in [0.25, 0.3) is 0 Å². The minimum absolute atomic E-state index is 0.0840. The molecule has 0 atom stereocenters. The van der Waals surface area contributed by atoms with Crippen LogP contribution in [-0.2, 0) is 0 Å². The number of nitrogen functional groups attached to an aromatic ring is 1. The lowest BCUT2D eigenvalue weighted by molar-refractivity contribution is 0.105. The standard InChI is InChI=1S/C16H17N3OS/c17-15-14(21-16(18-15)19-10-4-5-11-19)13(20)9-8-12-6-2-1-3-7-12/h1-3,6-9H,4-5,10-11,17H2/b9-8+. The van der Waals surface area contributed by atoms with E-state index in [0.29, 0.717) is 10.7 Å². The van der Waals surface area contributed by atoms with E-state index in [4.69, 9.17) is 5.73 Å². The molecular formula is C16H17N3OS. The first-order valence-corrected chi connectivity index (χ1v) is 7.84. The van der Waals surface area contributed by atoms with Gasteiger partial charge in [-0.25, -0.2) is 4.98 Å². The Morgan fingerprint density at radius 2 is 1.95 bits per heavy atom. The Bertz CT molecular complexity index is 657. The van der Waals surface area contributed by atoms with Crippen LogP contribution in [0.1, 0.15) is 28.1 Å². The zero-order valence-corrected chi connectivity index (χ0v) is 12.5. The summed E-state index contributed by atoms with van der Waals surface area (Å²) < 4.78 is 0. The molecule has 4 nitrogen and oxygen atoms in total. The van der Waals surface area contributed by atoms with Crippen molar-refractivity contribution in [3.63, 3.8) is 0 Å². The number of benzene rings is 1. The van der Waals surface area contributed by atoms with Gasteiger partial charge in [-0.1, -0.05) is 47.7 Å². The lowest BCUT2D eigenvalue weighted by Gasteiger charge is -2.11. The molecule has 0 unspecified atom stereocenters. The minimum atomic E-state index is -0.0840. The van der Waals surface area contributed by atoms with Gasteiger partial charge in [-0.3, -0.25) is 4.79 Å². The lowest BCUT2D eigenvalue weighted by atomic mass is 10.2. The van der Waals surface area contributed by atoms with E-state index in [-0.39, 0.29) is 5.78 Å². The van der Waals surface area contributed by atoms with Crippen LogP contribution in [0.5, 0.6) is 0 Å². The Hall–Kier alpha value is -2.14. The predicted octanol–water partition coefficient (Wildman–Crippen LogP) is 3.22. The van der Waals surface area contributed by atoms with Crippen LogP contribution < -0.4 is 10.6 Å². The lowest BCUT2D eigenvalue weighted by Crippen LogP contribution is -2.17. The molecule has 5 heteroatoms.